The number of anilines is 1. The third kappa shape index (κ3) is 4.95. The van der Waals surface area contributed by atoms with Crippen molar-refractivity contribution < 1.29 is 4.79 Å². The molecular formula is C23H32N6O. The van der Waals surface area contributed by atoms with Gasteiger partial charge in [0.1, 0.15) is 0 Å². The molecule has 1 N–H and O–H groups in total. The molecule has 2 aromatic heterocycles. The third-order valence-electron chi connectivity index (χ3n) is 6.00. The van der Waals surface area contributed by atoms with E-state index in [4.69, 9.17) is 4.98 Å². The summed E-state index contributed by atoms with van der Waals surface area (Å²) < 4.78 is 0. The Morgan fingerprint density at radius 3 is 2.60 bits per heavy atom. The Morgan fingerprint density at radius 2 is 1.87 bits per heavy atom. The van der Waals surface area contributed by atoms with E-state index in [0.717, 1.165) is 44.4 Å². The minimum atomic E-state index is -0.113. The first-order valence-electron chi connectivity index (χ1n) is 11.1. The van der Waals surface area contributed by atoms with Gasteiger partial charge in [0.15, 0.2) is 0 Å². The summed E-state index contributed by atoms with van der Waals surface area (Å²) in [5.41, 5.74) is 2.19. The molecule has 2 aliphatic rings. The van der Waals surface area contributed by atoms with Crippen molar-refractivity contribution in [3.8, 4) is 0 Å². The molecule has 4 rings (SSSR count). The van der Waals surface area contributed by atoms with Crippen LogP contribution < -0.4 is 10.2 Å². The number of likely N-dealkylation sites (tertiary alicyclic amines) is 1. The van der Waals surface area contributed by atoms with Crippen molar-refractivity contribution in [2.24, 2.45) is 5.92 Å². The molecule has 0 bridgehead atoms. The average molecular weight is 409 g/mol. The predicted octanol–water partition coefficient (Wildman–Crippen LogP) is 2.60. The second-order valence-corrected chi connectivity index (χ2v) is 8.76. The molecule has 7 heteroatoms. The highest BCUT2D eigenvalue weighted by molar-refractivity contribution is 5.80. The van der Waals surface area contributed by atoms with Crippen molar-refractivity contribution >= 4 is 11.9 Å². The lowest BCUT2D eigenvalue weighted by Gasteiger charge is -2.27. The number of rotatable bonds is 6. The van der Waals surface area contributed by atoms with Gasteiger partial charge >= 0.3 is 0 Å². The van der Waals surface area contributed by atoms with Crippen molar-refractivity contribution in [2.45, 2.75) is 51.6 Å². The van der Waals surface area contributed by atoms with E-state index in [-0.39, 0.29) is 23.8 Å². The summed E-state index contributed by atoms with van der Waals surface area (Å²) >= 11 is 0. The number of carbonyl (C=O) groups excluding carboxylic acids is 1. The average Bonchev–Trinajstić information content (AvgIpc) is 3.19. The normalized spacial score (nSPS) is 22.4. The van der Waals surface area contributed by atoms with E-state index >= 15 is 0 Å². The van der Waals surface area contributed by atoms with Crippen LogP contribution in [0.2, 0.25) is 0 Å². The summed E-state index contributed by atoms with van der Waals surface area (Å²) in [6, 6.07) is 6.19. The van der Waals surface area contributed by atoms with Gasteiger partial charge < -0.3 is 10.2 Å². The minimum absolute atomic E-state index is 0.0668. The van der Waals surface area contributed by atoms with Gasteiger partial charge in [-0.15, -0.1) is 0 Å². The van der Waals surface area contributed by atoms with Crippen LogP contribution in [0.15, 0.2) is 36.8 Å². The fourth-order valence-corrected chi connectivity index (χ4v) is 4.53. The van der Waals surface area contributed by atoms with E-state index in [9.17, 15) is 4.79 Å². The van der Waals surface area contributed by atoms with Crippen LogP contribution in [-0.4, -0.2) is 58.0 Å². The van der Waals surface area contributed by atoms with Crippen LogP contribution in [0.1, 0.15) is 50.3 Å². The van der Waals surface area contributed by atoms with Gasteiger partial charge in [-0.2, -0.15) is 0 Å². The van der Waals surface area contributed by atoms with E-state index < -0.39 is 0 Å². The number of nitrogens with one attached hydrogen (secondary N) is 1. The minimum Gasteiger partial charge on any atom is -0.354 e. The Morgan fingerprint density at radius 1 is 1.10 bits per heavy atom. The second kappa shape index (κ2) is 9.51. The maximum absolute atomic E-state index is 13.0. The Hall–Kier alpha value is -2.54. The Balaban J connectivity index is 1.55. The zero-order valence-electron chi connectivity index (χ0n) is 18.0. The molecule has 2 saturated heterocycles. The summed E-state index contributed by atoms with van der Waals surface area (Å²) in [6.07, 6.45) is 9.16. The molecule has 0 aliphatic carbocycles. The van der Waals surface area contributed by atoms with Crippen molar-refractivity contribution in [3.05, 3.63) is 48.0 Å². The molecule has 2 aliphatic heterocycles. The number of nitrogens with zero attached hydrogens (tertiary/aromatic N) is 5. The summed E-state index contributed by atoms with van der Waals surface area (Å²) in [6.45, 7) is 8.41. The van der Waals surface area contributed by atoms with Gasteiger partial charge in [-0.25, -0.2) is 9.97 Å². The fourth-order valence-electron chi connectivity index (χ4n) is 4.53. The molecule has 2 aromatic rings. The van der Waals surface area contributed by atoms with E-state index in [2.05, 4.69) is 25.1 Å². The summed E-state index contributed by atoms with van der Waals surface area (Å²) in [5.74, 6) is 0.878. The molecular weight excluding hydrogens is 376 g/mol. The largest absolute Gasteiger partial charge is 0.354 e. The molecule has 2 fully saturated rings. The summed E-state index contributed by atoms with van der Waals surface area (Å²) in [4.78, 5) is 31.2. The number of hydrogen-bond acceptors (Lipinski definition) is 6. The van der Waals surface area contributed by atoms with Gasteiger partial charge in [-0.3, -0.25) is 14.7 Å². The Kier molecular flexibility index (Phi) is 6.57. The third-order valence-corrected chi connectivity index (χ3v) is 6.00. The molecule has 0 spiro atoms. The fraction of sp³-hybridized carbons (Fsp3) is 0.565. The molecule has 4 heterocycles. The molecule has 0 aromatic carbocycles. The lowest BCUT2D eigenvalue weighted by atomic mass is 9.91. The molecule has 160 valence electrons. The number of amides is 1. The van der Waals surface area contributed by atoms with Crippen LogP contribution in [0.4, 0.5) is 5.95 Å². The number of aromatic nitrogens is 3. The van der Waals surface area contributed by atoms with Gasteiger partial charge in [0.25, 0.3) is 0 Å². The summed E-state index contributed by atoms with van der Waals surface area (Å²) in [5, 5.41) is 3.12. The van der Waals surface area contributed by atoms with Crippen LogP contribution in [-0.2, 0) is 11.3 Å². The Bertz CT molecular complexity index is 837. The standard InChI is InChI=1S/C23H32N6O/c1-17(2)26-22(30)20-16-28(14-18-6-9-24-10-7-18)15-19(20)21-8-11-25-23(27-21)29-12-4-3-5-13-29/h6-11,17,19-20H,3-5,12-16H2,1-2H3,(H,26,30)/t19-,20-/m0/s1. The zero-order valence-corrected chi connectivity index (χ0v) is 18.0. The van der Waals surface area contributed by atoms with E-state index in [1.54, 1.807) is 0 Å². The SMILES string of the molecule is CC(C)NC(=O)[C@H]1CN(Cc2ccncc2)C[C@@H]1c1ccnc(N2CCCCC2)n1. The highest BCUT2D eigenvalue weighted by atomic mass is 16.2. The van der Waals surface area contributed by atoms with Crippen LogP contribution in [0.25, 0.3) is 0 Å². The zero-order chi connectivity index (χ0) is 20.9. The van der Waals surface area contributed by atoms with Crippen molar-refractivity contribution in [1.29, 1.82) is 0 Å². The number of piperidine rings is 1. The van der Waals surface area contributed by atoms with E-state index in [1.807, 2.05) is 50.6 Å². The van der Waals surface area contributed by atoms with Gasteiger partial charge in [0.2, 0.25) is 11.9 Å². The van der Waals surface area contributed by atoms with Gasteiger partial charge in [-0.05, 0) is 56.9 Å². The number of carbonyl (C=O) groups is 1. The lowest BCUT2D eigenvalue weighted by molar-refractivity contribution is -0.125. The highest BCUT2D eigenvalue weighted by Crippen LogP contribution is 2.33. The molecule has 0 saturated carbocycles. The monoisotopic (exact) mass is 408 g/mol. The number of pyridine rings is 1. The van der Waals surface area contributed by atoms with Crippen LogP contribution in [0.5, 0.6) is 0 Å². The molecule has 30 heavy (non-hydrogen) atoms. The molecule has 7 nitrogen and oxygen atoms in total. The van der Waals surface area contributed by atoms with Crippen LogP contribution >= 0.6 is 0 Å². The van der Waals surface area contributed by atoms with Gasteiger partial charge in [0.05, 0.1) is 11.6 Å². The molecule has 0 radical (unpaired) electrons. The summed E-state index contributed by atoms with van der Waals surface area (Å²) in [7, 11) is 0. The predicted molar refractivity (Wildman–Crippen MR) is 117 cm³/mol. The Labute approximate surface area is 178 Å². The van der Waals surface area contributed by atoms with Crippen molar-refractivity contribution in [2.75, 3.05) is 31.1 Å². The molecule has 2 atom stereocenters. The van der Waals surface area contributed by atoms with Gasteiger partial charge in [0, 0.05) is 63.3 Å². The quantitative estimate of drug-likeness (QED) is 0.792. The van der Waals surface area contributed by atoms with E-state index in [0.29, 0.717) is 0 Å². The van der Waals surface area contributed by atoms with Crippen molar-refractivity contribution in [3.63, 3.8) is 0 Å². The lowest BCUT2D eigenvalue weighted by Crippen LogP contribution is -2.38. The van der Waals surface area contributed by atoms with E-state index in [1.165, 1.54) is 24.8 Å². The number of hydrogen-bond donors (Lipinski definition) is 1. The molecule has 0 unspecified atom stereocenters. The maximum Gasteiger partial charge on any atom is 0.225 e. The highest BCUT2D eigenvalue weighted by Gasteiger charge is 2.39. The van der Waals surface area contributed by atoms with Crippen LogP contribution in [0, 0.1) is 5.92 Å². The molecule has 1 amide bonds. The topological polar surface area (TPSA) is 74.2 Å². The first-order chi connectivity index (χ1) is 14.6. The second-order valence-electron chi connectivity index (χ2n) is 8.76. The first kappa shape index (κ1) is 20.7. The van der Waals surface area contributed by atoms with Gasteiger partial charge in [-0.1, -0.05) is 0 Å². The maximum atomic E-state index is 13.0. The van der Waals surface area contributed by atoms with Crippen LogP contribution in [0.3, 0.4) is 0 Å². The smallest absolute Gasteiger partial charge is 0.225 e. The van der Waals surface area contributed by atoms with Crippen molar-refractivity contribution in [1.82, 2.24) is 25.2 Å². The first-order valence-corrected chi connectivity index (χ1v) is 11.1.